The van der Waals surface area contributed by atoms with Gasteiger partial charge in [0.2, 0.25) is 0 Å². The van der Waals surface area contributed by atoms with Crippen molar-refractivity contribution in [2.24, 2.45) is 0 Å². The lowest BCUT2D eigenvalue weighted by Gasteiger charge is -2.15. The van der Waals surface area contributed by atoms with Gasteiger partial charge in [-0.1, -0.05) is 115 Å². The second kappa shape index (κ2) is 9.33. The van der Waals surface area contributed by atoms with Gasteiger partial charge in [-0.3, -0.25) is 4.57 Å². The van der Waals surface area contributed by atoms with Crippen LogP contribution in [0.5, 0.6) is 0 Å². The third-order valence-corrected chi connectivity index (χ3v) is 8.84. The third-order valence-electron chi connectivity index (χ3n) is 7.64. The number of rotatable bonds is 4. The highest BCUT2D eigenvalue weighted by molar-refractivity contribution is 7.26. The summed E-state index contributed by atoms with van der Waals surface area (Å²) in [4.78, 5) is 5.25. The molecule has 0 unspecified atom stereocenters. The van der Waals surface area contributed by atoms with Gasteiger partial charge in [-0.2, -0.15) is 0 Å². The topological polar surface area (TPSA) is 17.8 Å². The predicted octanol–water partition coefficient (Wildman–Crippen LogP) is 10.4. The summed E-state index contributed by atoms with van der Waals surface area (Å²) in [5.41, 5.74) is 9.22. The molecule has 0 saturated heterocycles. The molecule has 0 radical (unpaired) electrons. The number of para-hydroxylation sites is 3. The lowest BCUT2D eigenvalue weighted by Crippen LogP contribution is -2.00. The van der Waals surface area contributed by atoms with E-state index in [9.17, 15) is 0 Å². The van der Waals surface area contributed by atoms with Gasteiger partial charge in [0, 0.05) is 31.3 Å². The average Bonchev–Trinajstić information content (AvgIpc) is 3.60. The molecule has 0 atom stereocenters. The molecule has 6 aromatic carbocycles. The summed E-state index contributed by atoms with van der Waals surface area (Å²) in [6.07, 6.45) is 0. The van der Waals surface area contributed by atoms with Crippen molar-refractivity contribution in [3.8, 4) is 39.3 Å². The Hall–Kier alpha value is -4.99. The van der Waals surface area contributed by atoms with E-state index in [1.165, 1.54) is 42.4 Å². The summed E-state index contributed by atoms with van der Waals surface area (Å²) in [7, 11) is 0. The van der Waals surface area contributed by atoms with E-state index in [1.807, 2.05) is 11.3 Å². The van der Waals surface area contributed by atoms with E-state index in [-0.39, 0.29) is 0 Å². The number of hydrogen-bond acceptors (Lipinski definition) is 2. The highest BCUT2D eigenvalue weighted by Crippen LogP contribution is 2.43. The van der Waals surface area contributed by atoms with Crippen LogP contribution < -0.4 is 0 Å². The molecule has 0 fully saturated rings. The monoisotopic (exact) mass is 528 g/mol. The van der Waals surface area contributed by atoms with Crippen molar-refractivity contribution in [3.05, 3.63) is 146 Å². The number of benzene rings is 6. The Bertz CT molecular complexity index is 2150. The number of imidazole rings is 1. The van der Waals surface area contributed by atoms with Gasteiger partial charge >= 0.3 is 0 Å². The molecule has 3 heteroatoms. The van der Waals surface area contributed by atoms with Crippen LogP contribution >= 0.6 is 11.3 Å². The maximum Gasteiger partial charge on any atom is 0.147 e. The predicted molar refractivity (Wildman–Crippen MR) is 170 cm³/mol. The van der Waals surface area contributed by atoms with Crippen LogP contribution in [-0.2, 0) is 0 Å². The largest absolute Gasteiger partial charge is 0.292 e. The molecule has 0 spiro atoms. The van der Waals surface area contributed by atoms with Crippen molar-refractivity contribution in [1.29, 1.82) is 0 Å². The summed E-state index contributed by atoms with van der Waals surface area (Å²) in [5, 5.41) is 2.56. The first kappa shape index (κ1) is 22.9. The summed E-state index contributed by atoms with van der Waals surface area (Å²) < 4.78 is 4.89. The van der Waals surface area contributed by atoms with Crippen LogP contribution in [0.25, 0.3) is 70.5 Å². The van der Waals surface area contributed by atoms with Gasteiger partial charge in [0.25, 0.3) is 0 Å². The van der Waals surface area contributed by atoms with Crippen molar-refractivity contribution in [3.63, 3.8) is 0 Å². The van der Waals surface area contributed by atoms with Gasteiger partial charge in [-0.25, -0.2) is 4.98 Å². The van der Waals surface area contributed by atoms with Crippen LogP contribution in [0.4, 0.5) is 0 Å². The van der Waals surface area contributed by atoms with Crippen molar-refractivity contribution in [2.45, 2.75) is 0 Å². The molecule has 40 heavy (non-hydrogen) atoms. The van der Waals surface area contributed by atoms with Crippen molar-refractivity contribution < 1.29 is 0 Å². The SMILES string of the molecule is c1ccc(-c2ccc3c(c2)sc2c(-c4nc5ccccc5n4-c4ccccc4-c4ccccc4)cccc23)cc1. The molecule has 8 rings (SSSR count). The van der Waals surface area contributed by atoms with Gasteiger partial charge in [-0.15, -0.1) is 11.3 Å². The Labute approximate surface area is 236 Å². The summed E-state index contributed by atoms with van der Waals surface area (Å²) in [6.45, 7) is 0. The van der Waals surface area contributed by atoms with Gasteiger partial charge in [0.15, 0.2) is 0 Å². The maximum atomic E-state index is 5.25. The summed E-state index contributed by atoms with van der Waals surface area (Å²) in [6, 6.07) is 51.8. The van der Waals surface area contributed by atoms with Crippen LogP contribution in [0.2, 0.25) is 0 Å². The molecule has 2 heterocycles. The van der Waals surface area contributed by atoms with Gasteiger partial charge < -0.3 is 0 Å². The highest BCUT2D eigenvalue weighted by Gasteiger charge is 2.20. The first-order valence-electron chi connectivity index (χ1n) is 13.5. The van der Waals surface area contributed by atoms with Crippen molar-refractivity contribution in [2.75, 3.05) is 0 Å². The zero-order valence-corrected chi connectivity index (χ0v) is 22.5. The van der Waals surface area contributed by atoms with Gasteiger partial charge in [0.1, 0.15) is 5.82 Å². The fraction of sp³-hybridized carbons (Fsp3) is 0. The standard InChI is InChI=1S/C37H24N2S/c1-3-12-25(13-4-1)27-22-23-29-30-17-11-18-31(36(30)40-35(29)24-27)37-38-32-19-8-10-21-34(32)39(37)33-20-9-7-16-28(33)26-14-5-2-6-15-26/h1-24H. The minimum atomic E-state index is 0.963. The third kappa shape index (κ3) is 3.67. The van der Waals surface area contributed by atoms with Crippen LogP contribution in [0.1, 0.15) is 0 Å². The molecule has 0 aliphatic carbocycles. The van der Waals surface area contributed by atoms with Crippen LogP contribution in [0.15, 0.2) is 146 Å². The Morgan fingerprint density at radius 1 is 0.500 bits per heavy atom. The molecule has 0 amide bonds. The Balaban J connectivity index is 1.40. The van der Waals surface area contributed by atoms with E-state index in [2.05, 4.69) is 150 Å². The molecule has 0 aliphatic rings. The molecular formula is C37H24N2S. The molecule has 0 bridgehead atoms. The number of fused-ring (bicyclic) bond motifs is 4. The fourth-order valence-corrected chi connectivity index (χ4v) is 7.02. The maximum absolute atomic E-state index is 5.25. The summed E-state index contributed by atoms with van der Waals surface area (Å²) >= 11 is 1.85. The first-order chi connectivity index (χ1) is 19.8. The molecule has 188 valence electrons. The van der Waals surface area contributed by atoms with E-state index in [0.29, 0.717) is 0 Å². The van der Waals surface area contributed by atoms with E-state index < -0.39 is 0 Å². The molecule has 0 saturated carbocycles. The molecule has 0 N–H and O–H groups in total. The summed E-state index contributed by atoms with van der Waals surface area (Å²) in [5.74, 6) is 0.963. The normalized spacial score (nSPS) is 11.5. The Morgan fingerprint density at radius 2 is 1.20 bits per heavy atom. The van der Waals surface area contributed by atoms with Crippen molar-refractivity contribution in [1.82, 2.24) is 9.55 Å². The lowest BCUT2D eigenvalue weighted by molar-refractivity contribution is 1.11. The van der Waals surface area contributed by atoms with E-state index >= 15 is 0 Å². The fourth-order valence-electron chi connectivity index (χ4n) is 5.77. The number of thiophene rings is 1. The Kier molecular flexibility index (Phi) is 5.35. The molecule has 0 aliphatic heterocycles. The van der Waals surface area contributed by atoms with Gasteiger partial charge in [-0.05, 0) is 47.0 Å². The molecule has 8 aromatic rings. The van der Waals surface area contributed by atoms with Crippen LogP contribution in [0, 0.1) is 0 Å². The second-order valence-corrected chi connectivity index (χ2v) is 11.1. The van der Waals surface area contributed by atoms with Crippen LogP contribution in [0.3, 0.4) is 0 Å². The molecule has 2 nitrogen and oxygen atoms in total. The number of hydrogen-bond donors (Lipinski definition) is 0. The van der Waals surface area contributed by atoms with Gasteiger partial charge in [0.05, 0.1) is 16.7 Å². The molecule has 2 aromatic heterocycles. The smallest absolute Gasteiger partial charge is 0.147 e. The van der Waals surface area contributed by atoms with Crippen LogP contribution in [-0.4, -0.2) is 9.55 Å². The first-order valence-corrected chi connectivity index (χ1v) is 14.3. The number of nitrogens with zero attached hydrogens (tertiary/aromatic N) is 2. The quantitative estimate of drug-likeness (QED) is 0.222. The second-order valence-electron chi connectivity index (χ2n) is 10.0. The Morgan fingerprint density at radius 3 is 2.05 bits per heavy atom. The average molecular weight is 529 g/mol. The van der Waals surface area contributed by atoms with Crippen molar-refractivity contribution >= 4 is 42.5 Å². The number of aromatic nitrogens is 2. The molecular weight excluding hydrogens is 504 g/mol. The minimum absolute atomic E-state index is 0.963. The van der Waals surface area contributed by atoms with E-state index in [4.69, 9.17) is 4.98 Å². The highest BCUT2D eigenvalue weighted by atomic mass is 32.1. The zero-order chi connectivity index (χ0) is 26.5. The lowest BCUT2D eigenvalue weighted by atomic mass is 10.0. The van der Waals surface area contributed by atoms with E-state index in [0.717, 1.165) is 28.1 Å². The van der Waals surface area contributed by atoms with E-state index in [1.54, 1.807) is 0 Å². The minimum Gasteiger partial charge on any atom is -0.292 e. The zero-order valence-electron chi connectivity index (χ0n) is 21.7.